The third kappa shape index (κ3) is 2.76. The van der Waals surface area contributed by atoms with Crippen LogP contribution in [-0.2, 0) is 4.79 Å². The Hall–Kier alpha value is -2.02. The van der Waals surface area contributed by atoms with Gasteiger partial charge in [-0.25, -0.2) is 0 Å². The van der Waals surface area contributed by atoms with Crippen LogP contribution in [0.3, 0.4) is 0 Å². The molecule has 0 radical (unpaired) electrons. The first-order valence-corrected chi connectivity index (χ1v) is 5.30. The second-order valence-corrected chi connectivity index (χ2v) is 3.92. The highest BCUT2D eigenvalue weighted by molar-refractivity contribution is 5.95. The van der Waals surface area contributed by atoms with Gasteiger partial charge in [0, 0.05) is 7.05 Å². The van der Waals surface area contributed by atoms with Gasteiger partial charge >= 0.3 is 0 Å². The van der Waals surface area contributed by atoms with Gasteiger partial charge in [0.25, 0.3) is 0 Å². The minimum absolute atomic E-state index is 0.132. The third-order valence-corrected chi connectivity index (χ3v) is 2.57. The average molecular weight is 232 g/mol. The molecule has 0 fully saturated rings. The number of hydrogen-bond donors (Lipinski definition) is 0. The zero-order valence-corrected chi connectivity index (χ0v) is 10.6. The zero-order chi connectivity index (χ0) is 13.0. The Labute approximate surface area is 101 Å². The highest BCUT2D eigenvalue weighted by Gasteiger charge is 2.16. The molecule has 1 amide bonds. The van der Waals surface area contributed by atoms with Crippen molar-refractivity contribution in [2.24, 2.45) is 0 Å². The Morgan fingerprint density at radius 3 is 2.65 bits per heavy atom. The number of ether oxygens (including phenoxy) is 1. The molecule has 0 atom stereocenters. The van der Waals surface area contributed by atoms with Crippen molar-refractivity contribution < 1.29 is 9.53 Å². The van der Waals surface area contributed by atoms with Gasteiger partial charge in [-0.3, -0.25) is 4.79 Å². The molecule has 0 aliphatic heterocycles. The van der Waals surface area contributed by atoms with Crippen molar-refractivity contribution in [3.63, 3.8) is 0 Å². The molecule has 4 heteroatoms. The first-order valence-electron chi connectivity index (χ1n) is 5.30. The SMILES string of the molecule is COc1c(C)cc(C)cc1N(C)C(=O)CC#N. The number of nitrogens with zero attached hydrogens (tertiary/aromatic N) is 2. The van der Waals surface area contributed by atoms with Gasteiger partial charge in [-0.05, 0) is 31.0 Å². The maximum Gasteiger partial charge on any atom is 0.241 e. The van der Waals surface area contributed by atoms with Crippen LogP contribution in [0, 0.1) is 25.2 Å². The molecule has 0 heterocycles. The number of anilines is 1. The van der Waals surface area contributed by atoms with Crippen LogP contribution in [0.5, 0.6) is 5.75 Å². The van der Waals surface area contributed by atoms with Crippen LogP contribution in [0.1, 0.15) is 17.5 Å². The van der Waals surface area contributed by atoms with Crippen molar-refractivity contribution in [1.82, 2.24) is 0 Å². The molecule has 0 saturated heterocycles. The zero-order valence-electron chi connectivity index (χ0n) is 10.6. The number of hydrogen-bond acceptors (Lipinski definition) is 3. The van der Waals surface area contributed by atoms with E-state index in [1.54, 1.807) is 14.2 Å². The Kier molecular flexibility index (Phi) is 4.11. The molecule has 1 aromatic rings. The molecule has 0 saturated carbocycles. The van der Waals surface area contributed by atoms with E-state index in [1.165, 1.54) is 4.90 Å². The van der Waals surface area contributed by atoms with E-state index in [-0.39, 0.29) is 12.3 Å². The highest BCUT2D eigenvalue weighted by Crippen LogP contribution is 2.32. The quantitative estimate of drug-likeness (QED) is 0.802. The van der Waals surface area contributed by atoms with Crippen molar-refractivity contribution in [3.8, 4) is 11.8 Å². The fraction of sp³-hybridized carbons (Fsp3) is 0.385. The van der Waals surface area contributed by atoms with Gasteiger partial charge in [-0.1, -0.05) is 6.07 Å². The molecule has 4 nitrogen and oxygen atoms in total. The largest absolute Gasteiger partial charge is 0.494 e. The van der Waals surface area contributed by atoms with Crippen LogP contribution in [0.25, 0.3) is 0 Å². The standard InChI is InChI=1S/C13H16N2O2/c1-9-7-10(2)13(17-4)11(8-9)15(3)12(16)5-6-14/h7-8H,5H2,1-4H3. The van der Waals surface area contributed by atoms with Crippen molar-refractivity contribution in [1.29, 1.82) is 5.26 Å². The molecular formula is C13H16N2O2. The number of carbonyl (C=O) groups excluding carboxylic acids is 1. The molecule has 0 aliphatic rings. The van der Waals surface area contributed by atoms with E-state index >= 15 is 0 Å². The van der Waals surface area contributed by atoms with E-state index in [4.69, 9.17) is 10.00 Å². The van der Waals surface area contributed by atoms with Gasteiger partial charge in [-0.2, -0.15) is 5.26 Å². The van der Waals surface area contributed by atoms with E-state index in [0.29, 0.717) is 11.4 Å². The minimum atomic E-state index is -0.240. The smallest absolute Gasteiger partial charge is 0.241 e. The highest BCUT2D eigenvalue weighted by atomic mass is 16.5. The lowest BCUT2D eigenvalue weighted by atomic mass is 10.1. The van der Waals surface area contributed by atoms with E-state index in [9.17, 15) is 4.79 Å². The second kappa shape index (κ2) is 5.35. The van der Waals surface area contributed by atoms with Crippen molar-refractivity contribution >= 4 is 11.6 Å². The van der Waals surface area contributed by atoms with Crippen LogP contribution >= 0.6 is 0 Å². The van der Waals surface area contributed by atoms with Gasteiger partial charge in [0.15, 0.2) is 0 Å². The van der Waals surface area contributed by atoms with Crippen LogP contribution in [0.15, 0.2) is 12.1 Å². The molecule has 0 unspecified atom stereocenters. The Balaban J connectivity index is 3.21. The lowest BCUT2D eigenvalue weighted by Crippen LogP contribution is -2.26. The summed E-state index contributed by atoms with van der Waals surface area (Å²) >= 11 is 0. The summed E-state index contributed by atoms with van der Waals surface area (Å²) in [7, 11) is 3.22. The third-order valence-electron chi connectivity index (χ3n) is 2.57. The van der Waals surface area contributed by atoms with Gasteiger partial charge in [-0.15, -0.1) is 0 Å². The summed E-state index contributed by atoms with van der Waals surface area (Å²) in [6, 6.07) is 5.72. The minimum Gasteiger partial charge on any atom is -0.494 e. The fourth-order valence-corrected chi connectivity index (χ4v) is 1.77. The van der Waals surface area contributed by atoms with Crippen molar-refractivity contribution in [2.45, 2.75) is 20.3 Å². The number of benzene rings is 1. The maximum absolute atomic E-state index is 11.7. The Morgan fingerprint density at radius 1 is 1.47 bits per heavy atom. The van der Waals surface area contributed by atoms with Gasteiger partial charge in [0.05, 0.1) is 18.9 Å². The first kappa shape index (κ1) is 13.0. The molecule has 90 valence electrons. The Morgan fingerprint density at radius 2 is 2.12 bits per heavy atom. The number of aryl methyl sites for hydroxylation is 2. The maximum atomic E-state index is 11.7. The van der Waals surface area contributed by atoms with Crippen molar-refractivity contribution in [2.75, 3.05) is 19.1 Å². The Bertz CT molecular complexity index is 475. The summed E-state index contributed by atoms with van der Waals surface area (Å²) in [5.74, 6) is 0.431. The first-order chi connectivity index (χ1) is 8.01. The molecule has 1 rings (SSSR count). The normalized spacial score (nSPS) is 9.59. The van der Waals surface area contributed by atoms with E-state index in [0.717, 1.165) is 11.1 Å². The molecule has 0 aliphatic carbocycles. The van der Waals surface area contributed by atoms with Crippen LogP contribution in [-0.4, -0.2) is 20.1 Å². The fourth-order valence-electron chi connectivity index (χ4n) is 1.77. The van der Waals surface area contributed by atoms with Gasteiger partial charge in [0.2, 0.25) is 5.91 Å². The number of methoxy groups -OCH3 is 1. The number of amides is 1. The molecule has 0 bridgehead atoms. The monoisotopic (exact) mass is 232 g/mol. The van der Waals surface area contributed by atoms with E-state index in [1.807, 2.05) is 32.0 Å². The summed E-state index contributed by atoms with van der Waals surface area (Å²) in [6.45, 7) is 3.89. The van der Waals surface area contributed by atoms with Crippen LogP contribution in [0.4, 0.5) is 5.69 Å². The van der Waals surface area contributed by atoms with E-state index in [2.05, 4.69) is 0 Å². The van der Waals surface area contributed by atoms with Gasteiger partial charge < -0.3 is 9.64 Å². The molecule has 0 spiro atoms. The topological polar surface area (TPSA) is 53.3 Å². The predicted molar refractivity (Wildman–Crippen MR) is 66.1 cm³/mol. The summed E-state index contributed by atoms with van der Waals surface area (Å²) in [4.78, 5) is 13.1. The number of nitriles is 1. The molecule has 0 N–H and O–H groups in total. The predicted octanol–water partition coefficient (Wildman–Crippen LogP) is 2.19. The molecule has 1 aromatic carbocycles. The summed E-state index contributed by atoms with van der Waals surface area (Å²) in [6.07, 6.45) is -0.132. The molecule has 17 heavy (non-hydrogen) atoms. The lowest BCUT2D eigenvalue weighted by Gasteiger charge is -2.21. The van der Waals surface area contributed by atoms with Crippen molar-refractivity contribution in [3.05, 3.63) is 23.3 Å². The van der Waals surface area contributed by atoms with Crippen LogP contribution in [0.2, 0.25) is 0 Å². The number of carbonyl (C=O) groups is 1. The summed E-state index contributed by atoms with van der Waals surface area (Å²) < 4.78 is 5.30. The summed E-state index contributed by atoms with van der Waals surface area (Å²) in [5, 5.41) is 8.54. The second-order valence-electron chi connectivity index (χ2n) is 3.92. The van der Waals surface area contributed by atoms with E-state index < -0.39 is 0 Å². The van der Waals surface area contributed by atoms with Crippen LogP contribution < -0.4 is 9.64 Å². The number of rotatable bonds is 3. The molecular weight excluding hydrogens is 216 g/mol. The van der Waals surface area contributed by atoms with Gasteiger partial charge in [0.1, 0.15) is 12.2 Å². The average Bonchev–Trinajstić information content (AvgIpc) is 2.27. The summed E-state index contributed by atoms with van der Waals surface area (Å²) in [5.41, 5.74) is 2.72. The lowest BCUT2D eigenvalue weighted by molar-refractivity contribution is -0.117. The molecule has 0 aromatic heterocycles.